The lowest BCUT2D eigenvalue weighted by atomic mass is 10.1. The number of anilines is 2. The number of rotatable bonds is 6. The average molecular weight is 418 g/mol. The van der Waals surface area contributed by atoms with Crippen molar-refractivity contribution in [2.24, 2.45) is 0 Å². The third kappa shape index (κ3) is 4.18. The zero-order chi connectivity index (χ0) is 20.4. The minimum atomic E-state index is -0.778. The van der Waals surface area contributed by atoms with Gasteiger partial charge in [-0.25, -0.2) is 14.4 Å². The SMILES string of the molecule is CNC(O)c1sc2ncnc(Nc3ccc(F)cc3OC3CCOCC3)c2c1C. The van der Waals surface area contributed by atoms with Crippen LogP contribution in [0.5, 0.6) is 5.75 Å². The molecule has 0 bridgehead atoms. The van der Waals surface area contributed by atoms with Crippen LogP contribution in [0.15, 0.2) is 24.5 Å². The third-order valence-electron chi connectivity index (χ3n) is 4.94. The molecule has 0 amide bonds. The molecule has 0 spiro atoms. The molecule has 1 atom stereocenters. The van der Waals surface area contributed by atoms with Gasteiger partial charge < -0.3 is 19.9 Å². The van der Waals surface area contributed by atoms with E-state index in [1.165, 1.54) is 29.8 Å². The van der Waals surface area contributed by atoms with E-state index in [0.717, 1.165) is 33.5 Å². The van der Waals surface area contributed by atoms with E-state index in [9.17, 15) is 9.50 Å². The number of aliphatic hydroxyl groups excluding tert-OH is 1. The van der Waals surface area contributed by atoms with Crippen molar-refractivity contribution in [2.75, 3.05) is 25.6 Å². The molecule has 9 heteroatoms. The van der Waals surface area contributed by atoms with Crippen LogP contribution in [0.4, 0.5) is 15.9 Å². The van der Waals surface area contributed by atoms with Crippen LogP contribution < -0.4 is 15.4 Å². The lowest BCUT2D eigenvalue weighted by molar-refractivity contribution is 0.0257. The zero-order valence-electron chi connectivity index (χ0n) is 16.2. The van der Waals surface area contributed by atoms with E-state index < -0.39 is 6.23 Å². The van der Waals surface area contributed by atoms with Gasteiger partial charge in [-0.2, -0.15) is 0 Å². The van der Waals surface area contributed by atoms with E-state index in [4.69, 9.17) is 9.47 Å². The van der Waals surface area contributed by atoms with Crippen LogP contribution in [-0.4, -0.2) is 41.4 Å². The van der Waals surface area contributed by atoms with Crippen molar-refractivity contribution in [3.8, 4) is 5.75 Å². The smallest absolute Gasteiger partial charge is 0.146 e. The quantitative estimate of drug-likeness (QED) is 0.527. The number of halogens is 1. The highest BCUT2D eigenvalue weighted by Gasteiger charge is 2.21. The van der Waals surface area contributed by atoms with Gasteiger partial charge in [-0.1, -0.05) is 0 Å². The fourth-order valence-electron chi connectivity index (χ4n) is 3.37. The summed E-state index contributed by atoms with van der Waals surface area (Å²) in [5, 5.41) is 17.1. The molecule has 1 unspecified atom stereocenters. The Morgan fingerprint density at radius 2 is 2.10 bits per heavy atom. The maximum Gasteiger partial charge on any atom is 0.146 e. The summed E-state index contributed by atoms with van der Waals surface area (Å²) >= 11 is 1.41. The lowest BCUT2D eigenvalue weighted by Crippen LogP contribution is -2.26. The number of benzene rings is 1. The van der Waals surface area contributed by atoms with Gasteiger partial charge in [0, 0.05) is 18.9 Å². The average Bonchev–Trinajstić information content (AvgIpc) is 3.08. The summed E-state index contributed by atoms with van der Waals surface area (Å²) in [7, 11) is 1.69. The molecule has 154 valence electrons. The highest BCUT2D eigenvalue weighted by atomic mass is 32.1. The molecule has 2 aromatic heterocycles. The number of thiophene rings is 1. The maximum atomic E-state index is 13.9. The highest BCUT2D eigenvalue weighted by Crippen LogP contribution is 2.38. The largest absolute Gasteiger partial charge is 0.488 e. The van der Waals surface area contributed by atoms with Crippen LogP contribution in [0.25, 0.3) is 10.2 Å². The predicted octanol–water partition coefficient (Wildman–Crippen LogP) is 3.65. The molecule has 3 heterocycles. The summed E-state index contributed by atoms with van der Waals surface area (Å²) in [6, 6.07) is 4.41. The molecule has 3 N–H and O–H groups in total. The number of fused-ring (bicyclic) bond motifs is 1. The van der Waals surface area contributed by atoms with Gasteiger partial charge in [-0.15, -0.1) is 11.3 Å². The van der Waals surface area contributed by atoms with Gasteiger partial charge >= 0.3 is 0 Å². The van der Waals surface area contributed by atoms with Crippen molar-refractivity contribution in [3.63, 3.8) is 0 Å². The van der Waals surface area contributed by atoms with Crippen LogP contribution in [0.2, 0.25) is 0 Å². The van der Waals surface area contributed by atoms with Crippen molar-refractivity contribution in [3.05, 3.63) is 40.8 Å². The van der Waals surface area contributed by atoms with Gasteiger partial charge in [-0.3, -0.25) is 5.32 Å². The first kappa shape index (κ1) is 20.0. The number of nitrogens with zero attached hydrogens (tertiary/aromatic N) is 2. The summed E-state index contributed by atoms with van der Waals surface area (Å²) in [6.45, 7) is 3.20. The summed E-state index contributed by atoms with van der Waals surface area (Å²) in [4.78, 5) is 10.3. The van der Waals surface area contributed by atoms with Gasteiger partial charge in [0.15, 0.2) is 0 Å². The summed E-state index contributed by atoms with van der Waals surface area (Å²) < 4.78 is 25.3. The van der Waals surface area contributed by atoms with E-state index in [2.05, 4.69) is 20.6 Å². The van der Waals surface area contributed by atoms with Crippen molar-refractivity contribution in [1.29, 1.82) is 0 Å². The predicted molar refractivity (Wildman–Crippen MR) is 110 cm³/mol. The minimum absolute atomic E-state index is 0.0169. The van der Waals surface area contributed by atoms with Gasteiger partial charge in [0.25, 0.3) is 0 Å². The molecule has 7 nitrogen and oxygen atoms in total. The molecule has 1 aliphatic heterocycles. The molecule has 0 saturated carbocycles. The molecule has 3 aromatic rings. The number of aryl methyl sites for hydroxylation is 1. The summed E-state index contributed by atoms with van der Waals surface area (Å²) in [5.74, 6) is 0.658. The Balaban J connectivity index is 1.69. The first-order chi connectivity index (χ1) is 14.1. The van der Waals surface area contributed by atoms with Crippen LogP contribution in [0, 0.1) is 12.7 Å². The van der Waals surface area contributed by atoms with Gasteiger partial charge in [-0.05, 0) is 31.7 Å². The Bertz CT molecular complexity index is 1010. The fourth-order valence-corrected chi connectivity index (χ4v) is 4.52. The topological polar surface area (TPSA) is 88.5 Å². The molecule has 1 fully saturated rings. The van der Waals surface area contributed by atoms with Gasteiger partial charge in [0.2, 0.25) is 0 Å². The second-order valence-electron chi connectivity index (χ2n) is 6.88. The summed E-state index contributed by atoms with van der Waals surface area (Å²) in [5.41, 5.74) is 1.52. The lowest BCUT2D eigenvalue weighted by Gasteiger charge is -2.24. The van der Waals surface area contributed by atoms with Crippen molar-refractivity contribution >= 4 is 33.1 Å². The number of nitrogens with one attached hydrogen (secondary N) is 2. The number of ether oxygens (including phenoxy) is 2. The van der Waals surface area contributed by atoms with Crippen molar-refractivity contribution < 1.29 is 19.0 Å². The van der Waals surface area contributed by atoms with E-state index >= 15 is 0 Å². The molecule has 4 rings (SSSR count). The van der Waals surface area contributed by atoms with E-state index in [0.29, 0.717) is 30.5 Å². The van der Waals surface area contributed by atoms with Crippen LogP contribution in [0.3, 0.4) is 0 Å². The third-order valence-corrected chi connectivity index (χ3v) is 6.20. The molecule has 0 radical (unpaired) electrons. The van der Waals surface area contributed by atoms with Crippen LogP contribution in [-0.2, 0) is 4.74 Å². The number of hydrogen-bond acceptors (Lipinski definition) is 8. The Morgan fingerprint density at radius 3 is 2.86 bits per heavy atom. The molecule has 0 aliphatic carbocycles. The van der Waals surface area contributed by atoms with E-state index in [-0.39, 0.29) is 11.9 Å². The molecule has 1 aliphatic rings. The van der Waals surface area contributed by atoms with Crippen LogP contribution in [0.1, 0.15) is 29.5 Å². The monoisotopic (exact) mass is 418 g/mol. The number of aliphatic hydroxyl groups is 1. The van der Waals surface area contributed by atoms with Gasteiger partial charge in [0.05, 0.1) is 29.2 Å². The van der Waals surface area contributed by atoms with E-state index in [1.807, 2.05) is 6.92 Å². The normalized spacial score (nSPS) is 16.1. The number of hydrogen-bond donors (Lipinski definition) is 3. The standard InChI is InChI=1S/C20H23FN4O3S/c1-11-16-18(23-10-24-20(16)29-17(11)19(26)22-2)25-14-4-3-12(21)9-15(14)28-13-5-7-27-8-6-13/h3-4,9-10,13,19,22,26H,5-8H2,1-2H3,(H,23,24,25). The first-order valence-electron chi connectivity index (χ1n) is 9.47. The Labute approximate surface area is 171 Å². The van der Waals surface area contributed by atoms with Crippen molar-refractivity contribution in [2.45, 2.75) is 32.1 Å². The molecular formula is C20H23FN4O3S. The molecular weight excluding hydrogens is 395 g/mol. The first-order valence-corrected chi connectivity index (χ1v) is 10.3. The van der Waals surface area contributed by atoms with Gasteiger partial charge in [0.1, 0.15) is 40.9 Å². The zero-order valence-corrected chi connectivity index (χ0v) is 17.1. The Morgan fingerprint density at radius 1 is 1.31 bits per heavy atom. The second-order valence-corrected chi connectivity index (χ2v) is 7.91. The minimum Gasteiger partial charge on any atom is -0.488 e. The molecule has 1 aromatic carbocycles. The van der Waals surface area contributed by atoms with E-state index in [1.54, 1.807) is 13.1 Å². The van der Waals surface area contributed by atoms with Crippen molar-refractivity contribution in [1.82, 2.24) is 15.3 Å². The maximum absolute atomic E-state index is 13.9. The fraction of sp³-hybridized carbons (Fsp3) is 0.400. The molecule has 1 saturated heterocycles. The Kier molecular flexibility index (Phi) is 5.91. The van der Waals surface area contributed by atoms with Crippen LogP contribution >= 0.6 is 11.3 Å². The Hall–Kier alpha value is -2.33. The number of aromatic nitrogens is 2. The highest BCUT2D eigenvalue weighted by molar-refractivity contribution is 7.19. The second kappa shape index (κ2) is 8.58. The molecule has 29 heavy (non-hydrogen) atoms. The summed E-state index contributed by atoms with van der Waals surface area (Å²) in [6.07, 6.45) is 2.21.